The van der Waals surface area contributed by atoms with Crippen LogP contribution in [-0.4, -0.2) is 19.3 Å². The van der Waals surface area contributed by atoms with Gasteiger partial charge in [0.25, 0.3) is 5.91 Å². The van der Waals surface area contributed by atoms with Crippen molar-refractivity contribution in [1.29, 1.82) is 0 Å². The fourth-order valence-electron chi connectivity index (χ4n) is 1.50. The van der Waals surface area contributed by atoms with E-state index in [0.29, 0.717) is 15.8 Å². The van der Waals surface area contributed by atoms with Gasteiger partial charge in [-0.15, -0.1) is 0 Å². The van der Waals surface area contributed by atoms with Crippen LogP contribution in [0.5, 0.6) is 0 Å². The number of nitrogen functional groups attached to an aromatic ring is 1. The van der Waals surface area contributed by atoms with Crippen LogP contribution in [0.1, 0.15) is 10.5 Å². The number of carbonyl (C=O) groups is 1. The van der Waals surface area contributed by atoms with E-state index >= 15 is 0 Å². The highest BCUT2D eigenvalue weighted by molar-refractivity contribution is 9.10. The first kappa shape index (κ1) is 15.4. The molecule has 0 aliphatic heterocycles. The summed E-state index contributed by atoms with van der Waals surface area (Å²) in [4.78, 5) is 15.8. The molecule has 110 valence electrons. The van der Waals surface area contributed by atoms with Crippen molar-refractivity contribution in [2.45, 2.75) is 4.90 Å². The van der Waals surface area contributed by atoms with E-state index in [4.69, 9.17) is 10.9 Å². The second kappa shape index (κ2) is 5.80. The molecule has 0 unspecified atom stereocenters. The summed E-state index contributed by atoms with van der Waals surface area (Å²) in [5.41, 5.74) is 6.52. The molecule has 0 radical (unpaired) electrons. The number of amides is 1. The van der Waals surface area contributed by atoms with Crippen molar-refractivity contribution in [3.8, 4) is 0 Å². The van der Waals surface area contributed by atoms with Crippen molar-refractivity contribution >= 4 is 43.2 Å². The minimum Gasteiger partial charge on any atom is -0.397 e. The Hall–Kier alpha value is -1.97. The maximum Gasteiger partial charge on any atom is 0.274 e. The molecule has 9 heteroatoms. The number of nitrogens with two attached hydrogens (primary N) is 2. The lowest BCUT2D eigenvalue weighted by molar-refractivity contribution is 0.102. The molecule has 1 heterocycles. The van der Waals surface area contributed by atoms with Crippen molar-refractivity contribution in [2.24, 2.45) is 5.14 Å². The second-order valence-corrected chi connectivity index (χ2v) is 6.53. The molecule has 5 N–H and O–H groups in total. The Labute approximate surface area is 129 Å². The van der Waals surface area contributed by atoms with Gasteiger partial charge < -0.3 is 11.1 Å². The third-order valence-electron chi connectivity index (χ3n) is 2.54. The molecule has 1 amide bonds. The van der Waals surface area contributed by atoms with Gasteiger partial charge in [0.2, 0.25) is 10.0 Å². The Kier molecular flexibility index (Phi) is 4.26. The number of hydrogen-bond donors (Lipinski definition) is 3. The number of pyridine rings is 1. The van der Waals surface area contributed by atoms with Gasteiger partial charge in [-0.05, 0) is 46.3 Å². The monoisotopic (exact) mass is 370 g/mol. The van der Waals surface area contributed by atoms with E-state index in [-0.39, 0.29) is 10.6 Å². The fraction of sp³-hybridized carbons (Fsp3) is 0. The lowest BCUT2D eigenvalue weighted by atomic mass is 10.3. The number of anilines is 2. The topological polar surface area (TPSA) is 128 Å². The zero-order valence-corrected chi connectivity index (χ0v) is 13.0. The number of nitrogens with zero attached hydrogens (tertiary/aromatic N) is 1. The summed E-state index contributed by atoms with van der Waals surface area (Å²) < 4.78 is 22.8. The number of nitrogens with one attached hydrogen (secondary N) is 1. The van der Waals surface area contributed by atoms with Gasteiger partial charge in [-0.3, -0.25) is 4.79 Å². The van der Waals surface area contributed by atoms with E-state index in [2.05, 4.69) is 26.2 Å². The van der Waals surface area contributed by atoms with E-state index in [1.165, 1.54) is 30.5 Å². The van der Waals surface area contributed by atoms with E-state index in [0.717, 1.165) is 0 Å². The second-order valence-electron chi connectivity index (χ2n) is 4.12. The molecule has 0 fully saturated rings. The van der Waals surface area contributed by atoms with Gasteiger partial charge in [-0.2, -0.15) is 0 Å². The quantitative estimate of drug-likeness (QED) is 0.750. The molecule has 0 aliphatic rings. The van der Waals surface area contributed by atoms with Crippen LogP contribution in [0, 0.1) is 0 Å². The lowest BCUT2D eigenvalue weighted by Crippen LogP contribution is -2.15. The molecule has 2 rings (SSSR count). The van der Waals surface area contributed by atoms with E-state index < -0.39 is 15.9 Å². The van der Waals surface area contributed by atoms with Crippen LogP contribution >= 0.6 is 15.9 Å². The molecule has 2 aromatic rings. The minimum atomic E-state index is -3.80. The Morgan fingerprint density at radius 2 is 1.95 bits per heavy atom. The summed E-state index contributed by atoms with van der Waals surface area (Å²) in [6.45, 7) is 0. The zero-order chi connectivity index (χ0) is 15.6. The van der Waals surface area contributed by atoms with Gasteiger partial charge in [-0.25, -0.2) is 18.5 Å². The summed E-state index contributed by atoms with van der Waals surface area (Å²) in [6, 6.07) is 7.07. The van der Waals surface area contributed by atoms with Crippen molar-refractivity contribution in [3.05, 3.63) is 46.7 Å². The fourth-order valence-corrected chi connectivity index (χ4v) is 2.67. The van der Waals surface area contributed by atoms with E-state index in [9.17, 15) is 13.2 Å². The van der Waals surface area contributed by atoms with E-state index in [1.54, 1.807) is 6.07 Å². The number of aromatic nitrogens is 1. The summed E-state index contributed by atoms with van der Waals surface area (Å²) >= 11 is 3.18. The number of rotatable bonds is 3. The Balaban J connectivity index is 2.24. The third kappa shape index (κ3) is 3.78. The molecule has 7 nitrogen and oxygen atoms in total. The Morgan fingerprint density at radius 1 is 1.24 bits per heavy atom. The van der Waals surface area contributed by atoms with Crippen molar-refractivity contribution in [1.82, 2.24) is 4.98 Å². The third-order valence-corrected chi connectivity index (χ3v) is 4.10. The van der Waals surface area contributed by atoms with Crippen LogP contribution in [0.25, 0.3) is 0 Å². The molecule has 21 heavy (non-hydrogen) atoms. The SMILES string of the molecule is Nc1ccc(C(=O)Nc2ccc(S(N)(=O)=O)cc2Br)nc1. The zero-order valence-electron chi connectivity index (χ0n) is 10.6. The van der Waals surface area contributed by atoms with Crippen LogP contribution in [0.15, 0.2) is 45.9 Å². The normalized spacial score (nSPS) is 11.1. The predicted octanol–water partition coefficient (Wildman–Crippen LogP) is 1.33. The molecule has 0 saturated carbocycles. The maximum atomic E-state index is 12.0. The van der Waals surface area contributed by atoms with Crippen molar-refractivity contribution in [3.63, 3.8) is 0 Å². The first-order valence-electron chi connectivity index (χ1n) is 5.62. The number of halogens is 1. The molecule has 0 spiro atoms. The number of sulfonamides is 1. The largest absolute Gasteiger partial charge is 0.397 e. The average Bonchev–Trinajstić information content (AvgIpc) is 2.40. The Bertz CT molecular complexity index is 791. The molecular weight excluding hydrogens is 360 g/mol. The smallest absolute Gasteiger partial charge is 0.274 e. The van der Waals surface area contributed by atoms with Crippen molar-refractivity contribution < 1.29 is 13.2 Å². The highest BCUT2D eigenvalue weighted by Gasteiger charge is 2.13. The van der Waals surface area contributed by atoms with Crippen LogP contribution in [0.3, 0.4) is 0 Å². The minimum absolute atomic E-state index is 0.0574. The molecule has 0 atom stereocenters. The van der Waals surface area contributed by atoms with E-state index in [1.807, 2.05) is 0 Å². The lowest BCUT2D eigenvalue weighted by Gasteiger charge is -2.08. The highest BCUT2D eigenvalue weighted by atomic mass is 79.9. The van der Waals surface area contributed by atoms with Crippen LogP contribution in [0.4, 0.5) is 11.4 Å². The van der Waals surface area contributed by atoms with Gasteiger partial charge in [0.15, 0.2) is 0 Å². The summed E-state index contributed by atoms with van der Waals surface area (Å²) in [5, 5.41) is 7.62. The van der Waals surface area contributed by atoms with Gasteiger partial charge in [-0.1, -0.05) is 0 Å². The molecular formula is C12H11BrN4O3S. The maximum absolute atomic E-state index is 12.0. The van der Waals surface area contributed by atoms with Crippen LogP contribution < -0.4 is 16.2 Å². The average molecular weight is 371 g/mol. The van der Waals surface area contributed by atoms with Gasteiger partial charge in [0, 0.05) is 4.47 Å². The number of benzene rings is 1. The summed E-state index contributed by atoms with van der Waals surface area (Å²) in [7, 11) is -3.80. The van der Waals surface area contributed by atoms with Gasteiger partial charge in [0.1, 0.15) is 5.69 Å². The molecule has 1 aromatic heterocycles. The Morgan fingerprint density at radius 3 is 2.48 bits per heavy atom. The standard InChI is InChI=1S/C12H11BrN4O3S/c13-9-5-8(21(15,19)20)2-4-10(9)17-12(18)11-3-1-7(14)6-16-11/h1-6H,14H2,(H,17,18)(H2,15,19,20). The molecule has 1 aromatic carbocycles. The first-order chi connectivity index (χ1) is 9.77. The molecule has 0 bridgehead atoms. The number of hydrogen-bond acceptors (Lipinski definition) is 5. The number of carbonyl (C=O) groups excluding carboxylic acids is 1. The van der Waals surface area contributed by atoms with Gasteiger partial charge in [0.05, 0.1) is 22.5 Å². The molecule has 0 aliphatic carbocycles. The summed E-state index contributed by atoms with van der Waals surface area (Å²) in [5.74, 6) is -0.445. The van der Waals surface area contributed by atoms with Crippen LogP contribution in [-0.2, 0) is 10.0 Å². The highest BCUT2D eigenvalue weighted by Crippen LogP contribution is 2.25. The first-order valence-corrected chi connectivity index (χ1v) is 7.96. The predicted molar refractivity (Wildman–Crippen MR) is 82.1 cm³/mol. The molecule has 0 saturated heterocycles. The van der Waals surface area contributed by atoms with Gasteiger partial charge >= 0.3 is 0 Å². The number of primary sulfonamides is 1. The van der Waals surface area contributed by atoms with Crippen LogP contribution in [0.2, 0.25) is 0 Å². The summed E-state index contributed by atoms with van der Waals surface area (Å²) in [6.07, 6.45) is 1.37. The van der Waals surface area contributed by atoms with Crippen molar-refractivity contribution in [2.75, 3.05) is 11.1 Å².